The molecule has 1 aromatic heterocycles. The van der Waals surface area contributed by atoms with Crippen molar-refractivity contribution in [1.29, 1.82) is 0 Å². The fourth-order valence-corrected chi connectivity index (χ4v) is 4.80. The van der Waals surface area contributed by atoms with Gasteiger partial charge < -0.3 is 21.8 Å². The Morgan fingerprint density at radius 2 is 2.19 bits per heavy atom. The van der Waals surface area contributed by atoms with Gasteiger partial charge in [-0.3, -0.25) is 10.1 Å². The zero-order chi connectivity index (χ0) is 18.3. The normalized spacial score (nSPS) is 27.1. The van der Waals surface area contributed by atoms with E-state index in [0.29, 0.717) is 25.9 Å². The van der Waals surface area contributed by atoms with Gasteiger partial charge in [-0.1, -0.05) is 12.1 Å². The average molecular weight is 355 g/mol. The molecule has 4 rings (SSSR count). The second kappa shape index (κ2) is 6.41. The van der Waals surface area contributed by atoms with E-state index < -0.39 is 11.4 Å². The smallest absolute Gasteiger partial charge is 0.318 e. The summed E-state index contributed by atoms with van der Waals surface area (Å²) in [4.78, 5) is 27.5. The number of rotatable bonds is 4. The molecule has 1 aliphatic carbocycles. The quantitative estimate of drug-likeness (QED) is 0.563. The van der Waals surface area contributed by atoms with E-state index in [9.17, 15) is 9.59 Å². The van der Waals surface area contributed by atoms with E-state index in [1.807, 2.05) is 0 Å². The number of piperidine rings is 1. The first-order valence-corrected chi connectivity index (χ1v) is 9.17. The number of fused-ring (bicyclic) bond motifs is 2. The highest BCUT2D eigenvalue weighted by Gasteiger charge is 2.47. The first-order chi connectivity index (χ1) is 12.5. The summed E-state index contributed by atoms with van der Waals surface area (Å²) in [6.45, 7) is 1.04. The predicted molar refractivity (Wildman–Crippen MR) is 99.6 cm³/mol. The molecule has 26 heavy (non-hydrogen) atoms. The Balaban J connectivity index is 1.71. The molecule has 7 nitrogen and oxygen atoms in total. The molecule has 1 unspecified atom stereocenters. The maximum absolute atomic E-state index is 12.8. The fourth-order valence-electron chi connectivity index (χ4n) is 4.80. The van der Waals surface area contributed by atoms with Crippen LogP contribution in [0.5, 0.6) is 0 Å². The lowest BCUT2D eigenvalue weighted by atomic mass is 9.65. The van der Waals surface area contributed by atoms with Crippen LogP contribution in [-0.2, 0) is 11.2 Å². The van der Waals surface area contributed by atoms with Crippen LogP contribution >= 0.6 is 0 Å². The Labute approximate surface area is 151 Å². The summed E-state index contributed by atoms with van der Waals surface area (Å²) in [7, 11) is 0. The van der Waals surface area contributed by atoms with Gasteiger partial charge >= 0.3 is 6.03 Å². The van der Waals surface area contributed by atoms with Gasteiger partial charge in [-0.15, -0.1) is 0 Å². The van der Waals surface area contributed by atoms with Crippen molar-refractivity contribution in [2.75, 3.05) is 13.1 Å². The van der Waals surface area contributed by atoms with Gasteiger partial charge in [0.15, 0.2) is 0 Å². The van der Waals surface area contributed by atoms with E-state index in [2.05, 4.69) is 40.0 Å². The highest BCUT2D eigenvalue weighted by molar-refractivity contribution is 5.97. The molecule has 2 aromatic rings. The minimum Gasteiger partial charge on any atom is -0.361 e. The molecule has 0 bridgehead atoms. The molecule has 7 heteroatoms. The largest absolute Gasteiger partial charge is 0.361 e. The Hall–Kier alpha value is -2.38. The molecule has 7 N–H and O–H groups in total. The number of carbonyl (C=O) groups is 2. The van der Waals surface area contributed by atoms with Crippen molar-refractivity contribution < 1.29 is 9.59 Å². The van der Waals surface area contributed by atoms with Crippen molar-refractivity contribution in [3.8, 4) is 0 Å². The number of primary amides is 1. The molecule has 1 fully saturated rings. The van der Waals surface area contributed by atoms with Gasteiger partial charge in [-0.2, -0.15) is 0 Å². The van der Waals surface area contributed by atoms with E-state index in [4.69, 9.17) is 11.5 Å². The van der Waals surface area contributed by atoms with Crippen LogP contribution in [0.1, 0.15) is 36.3 Å². The topological polar surface area (TPSA) is 126 Å². The van der Waals surface area contributed by atoms with Gasteiger partial charge in [0, 0.05) is 35.6 Å². The molecule has 3 amide bonds. The van der Waals surface area contributed by atoms with Crippen LogP contribution in [0.25, 0.3) is 10.9 Å². The van der Waals surface area contributed by atoms with E-state index in [-0.39, 0.29) is 17.9 Å². The first kappa shape index (κ1) is 17.1. The standard InChI is InChI=1S/C19H25N5O2/c20-6-2-5-19(17(25)24-18(21)26)8-13-12-3-1-4-14-16(12)11(9-22-14)7-15(13)23-10-19/h1,3-4,9,13,15,22-23H,2,5-8,10,20H2,(H3,21,24,25,26)/t13-,15-,19?/m1/s1. The molecule has 138 valence electrons. The van der Waals surface area contributed by atoms with Crippen LogP contribution in [0.15, 0.2) is 24.4 Å². The monoisotopic (exact) mass is 355 g/mol. The first-order valence-electron chi connectivity index (χ1n) is 9.17. The molecule has 3 atom stereocenters. The van der Waals surface area contributed by atoms with E-state index >= 15 is 0 Å². The zero-order valence-corrected chi connectivity index (χ0v) is 14.7. The van der Waals surface area contributed by atoms with Gasteiger partial charge in [0.1, 0.15) is 0 Å². The summed E-state index contributed by atoms with van der Waals surface area (Å²) in [6, 6.07) is 5.78. The number of aromatic amines is 1. The minimum atomic E-state index is -0.803. The average Bonchev–Trinajstić information content (AvgIpc) is 3.04. The molecule has 0 saturated carbocycles. The van der Waals surface area contributed by atoms with Gasteiger partial charge in [-0.25, -0.2) is 4.79 Å². The molecule has 1 aromatic carbocycles. The maximum atomic E-state index is 12.8. The lowest BCUT2D eigenvalue weighted by molar-refractivity contribution is -0.132. The van der Waals surface area contributed by atoms with E-state index in [1.165, 1.54) is 16.5 Å². The number of benzene rings is 1. The highest BCUT2D eigenvalue weighted by atomic mass is 16.2. The van der Waals surface area contributed by atoms with Gasteiger partial charge in [0.25, 0.3) is 0 Å². The number of nitrogens with one attached hydrogen (secondary N) is 3. The predicted octanol–water partition coefficient (Wildman–Crippen LogP) is 1.09. The van der Waals surface area contributed by atoms with Crippen LogP contribution in [-0.4, -0.2) is 36.1 Å². The number of carbonyl (C=O) groups excluding carboxylic acids is 2. The molecule has 2 heterocycles. The molecule has 0 radical (unpaired) electrons. The number of imide groups is 1. The van der Waals surface area contributed by atoms with Gasteiger partial charge in [0.05, 0.1) is 5.41 Å². The Bertz CT molecular complexity index is 861. The van der Waals surface area contributed by atoms with Gasteiger partial charge in [0.2, 0.25) is 5.91 Å². The number of nitrogens with two attached hydrogens (primary N) is 2. The number of aromatic nitrogens is 1. The van der Waals surface area contributed by atoms with Crippen molar-refractivity contribution in [2.24, 2.45) is 16.9 Å². The van der Waals surface area contributed by atoms with E-state index in [0.717, 1.165) is 18.4 Å². The molecule has 0 spiro atoms. The second-order valence-corrected chi connectivity index (χ2v) is 7.58. The van der Waals surface area contributed by atoms with Crippen molar-refractivity contribution in [3.05, 3.63) is 35.5 Å². The summed E-state index contributed by atoms with van der Waals surface area (Å²) in [5, 5.41) is 7.17. The third-order valence-electron chi connectivity index (χ3n) is 6.04. The van der Waals surface area contributed by atoms with Crippen molar-refractivity contribution in [2.45, 2.75) is 37.6 Å². The highest BCUT2D eigenvalue weighted by Crippen LogP contribution is 2.47. The van der Waals surface area contributed by atoms with Crippen LogP contribution in [0.3, 0.4) is 0 Å². The molecule has 2 aliphatic rings. The maximum Gasteiger partial charge on any atom is 0.318 e. The molecular formula is C19H25N5O2. The third-order valence-corrected chi connectivity index (χ3v) is 6.04. The molecule has 1 aliphatic heterocycles. The summed E-state index contributed by atoms with van der Waals surface area (Å²) in [5.41, 5.74) is 14.0. The SMILES string of the molecule is NCCCC1(C(=O)NC(N)=O)CN[C@@H]2Cc3c[nH]c4cccc(c34)[C@H]2C1. The van der Waals surface area contributed by atoms with Crippen molar-refractivity contribution in [3.63, 3.8) is 0 Å². The lowest BCUT2D eigenvalue weighted by Crippen LogP contribution is -2.58. The zero-order valence-electron chi connectivity index (χ0n) is 14.7. The number of urea groups is 1. The number of amides is 3. The Morgan fingerprint density at radius 1 is 1.35 bits per heavy atom. The van der Waals surface area contributed by atoms with E-state index in [1.54, 1.807) is 0 Å². The molecular weight excluding hydrogens is 330 g/mol. The summed E-state index contributed by atoms with van der Waals surface area (Å²) >= 11 is 0. The summed E-state index contributed by atoms with van der Waals surface area (Å²) in [5.74, 6) is -0.0800. The van der Waals surface area contributed by atoms with Crippen molar-refractivity contribution >= 4 is 22.8 Å². The van der Waals surface area contributed by atoms with Crippen LogP contribution in [0.2, 0.25) is 0 Å². The minimum absolute atomic E-state index is 0.215. The van der Waals surface area contributed by atoms with Crippen LogP contribution < -0.4 is 22.1 Å². The fraction of sp³-hybridized carbons (Fsp3) is 0.474. The lowest BCUT2D eigenvalue weighted by Gasteiger charge is -2.46. The molecule has 1 saturated heterocycles. The third kappa shape index (κ3) is 2.68. The Morgan fingerprint density at radius 3 is 2.96 bits per heavy atom. The summed E-state index contributed by atoms with van der Waals surface area (Å²) < 4.78 is 0. The number of hydrogen-bond acceptors (Lipinski definition) is 4. The van der Waals surface area contributed by atoms with Crippen LogP contribution in [0, 0.1) is 5.41 Å². The second-order valence-electron chi connectivity index (χ2n) is 7.58. The van der Waals surface area contributed by atoms with Crippen LogP contribution in [0.4, 0.5) is 4.79 Å². The van der Waals surface area contributed by atoms with Crippen molar-refractivity contribution in [1.82, 2.24) is 15.6 Å². The number of H-pyrrole nitrogens is 1. The summed E-state index contributed by atoms with van der Waals surface area (Å²) in [6.07, 6.45) is 5.07. The van der Waals surface area contributed by atoms with Gasteiger partial charge in [-0.05, 0) is 49.4 Å². The Kier molecular flexibility index (Phi) is 4.20. The number of hydrogen-bond donors (Lipinski definition) is 5.